The van der Waals surface area contributed by atoms with Gasteiger partial charge >= 0.3 is 5.97 Å². The molecule has 0 aliphatic carbocycles. The second kappa shape index (κ2) is 6.17. The van der Waals surface area contributed by atoms with Gasteiger partial charge < -0.3 is 10.1 Å². The summed E-state index contributed by atoms with van der Waals surface area (Å²) in [7, 11) is 0. The molecule has 0 bridgehead atoms. The Hall–Kier alpha value is -1.69. The Bertz CT molecular complexity index is 541. The Morgan fingerprint density at radius 1 is 1.55 bits per heavy atom. The number of carboxylic acids is 1. The molecule has 1 aromatic rings. The number of aryl methyl sites for hydroxylation is 1. The van der Waals surface area contributed by atoms with E-state index in [4.69, 9.17) is 0 Å². The van der Waals surface area contributed by atoms with Crippen LogP contribution in [0.2, 0.25) is 0 Å². The summed E-state index contributed by atoms with van der Waals surface area (Å²) in [5.41, 5.74) is 0.541. The molecule has 6 heteroatoms. The number of nitrogens with one attached hydrogen (secondary N) is 1. The Morgan fingerprint density at radius 2 is 2.30 bits per heavy atom. The van der Waals surface area contributed by atoms with Gasteiger partial charge in [0.15, 0.2) is 0 Å². The lowest BCUT2D eigenvalue weighted by Crippen LogP contribution is -2.24. The predicted molar refractivity (Wildman–Crippen MR) is 74.4 cm³/mol. The molecule has 2 N–H and O–H groups in total. The predicted octanol–water partition coefficient (Wildman–Crippen LogP) is 1.01. The first-order valence-electron chi connectivity index (χ1n) is 7.01. The van der Waals surface area contributed by atoms with Crippen LogP contribution in [0.3, 0.4) is 0 Å². The number of carbonyl (C=O) groups is 1. The molecule has 2 rings (SSSR count). The molecule has 20 heavy (non-hydrogen) atoms. The molecule has 1 aliphatic heterocycles. The number of aromatic amines is 1. The molecule has 1 aliphatic rings. The fourth-order valence-electron chi connectivity index (χ4n) is 2.98. The highest BCUT2D eigenvalue weighted by Crippen LogP contribution is 2.28. The summed E-state index contributed by atoms with van der Waals surface area (Å²) >= 11 is 0. The number of hydrogen-bond donors (Lipinski definition) is 2. The van der Waals surface area contributed by atoms with E-state index < -0.39 is 5.97 Å². The second-order valence-corrected chi connectivity index (χ2v) is 5.51. The first-order chi connectivity index (χ1) is 9.49. The minimum Gasteiger partial charge on any atom is -0.481 e. The number of hydrogen-bond acceptors (Lipinski definition) is 4. The summed E-state index contributed by atoms with van der Waals surface area (Å²) in [6, 6.07) is 1.48. The van der Waals surface area contributed by atoms with Crippen molar-refractivity contribution in [3.8, 4) is 0 Å². The summed E-state index contributed by atoms with van der Waals surface area (Å²) in [5.74, 6) is -0.244. The van der Waals surface area contributed by atoms with Crippen molar-refractivity contribution in [3.63, 3.8) is 0 Å². The fraction of sp³-hybridized carbons (Fsp3) is 0.643. The van der Waals surface area contributed by atoms with Gasteiger partial charge in [0.1, 0.15) is 5.82 Å². The molecule has 0 radical (unpaired) electrons. The van der Waals surface area contributed by atoms with Crippen LogP contribution in [0.15, 0.2) is 10.9 Å². The summed E-state index contributed by atoms with van der Waals surface area (Å²) in [6.07, 6.45) is 1.92. The van der Waals surface area contributed by atoms with Crippen LogP contribution in [0, 0.1) is 18.8 Å². The Kier molecular flexibility index (Phi) is 4.54. The number of H-pyrrole nitrogens is 1. The number of nitrogens with zero attached hydrogens (tertiary/aromatic N) is 2. The van der Waals surface area contributed by atoms with Crippen LogP contribution in [0.1, 0.15) is 31.3 Å². The van der Waals surface area contributed by atoms with Crippen molar-refractivity contribution in [2.24, 2.45) is 11.8 Å². The first-order valence-corrected chi connectivity index (χ1v) is 7.01. The van der Waals surface area contributed by atoms with E-state index in [1.165, 1.54) is 6.07 Å². The molecule has 2 heterocycles. The van der Waals surface area contributed by atoms with Gasteiger partial charge in [-0.15, -0.1) is 0 Å². The van der Waals surface area contributed by atoms with Gasteiger partial charge in [-0.3, -0.25) is 14.5 Å². The van der Waals surface area contributed by atoms with Crippen LogP contribution in [0.5, 0.6) is 0 Å². The van der Waals surface area contributed by atoms with Gasteiger partial charge in [-0.2, -0.15) is 0 Å². The maximum Gasteiger partial charge on any atom is 0.308 e. The lowest BCUT2D eigenvalue weighted by Gasteiger charge is -2.15. The SMILES string of the molecule is CCCC1CN(Cc2cc(=O)[nH]c(C)n2)CC1C(=O)O. The van der Waals surface area contributed by atoms with Crippen LogP contribution in [0.4, 0.5) is 0 Å². The Labute approximate surface area is 117 Å². The lowest BCUT2D eigenvalue weighted by atomic mass is 9.92. The monoisotopic (exact) mass is 279 g/mol. The van der Waals surface area contributed by atoms with E-state index in [9.17, 15) is 14.7 Å². The molecule has 0 aromatic carbocycles. The maximum absolute atomic E-state index is 11.4. The van der Waals surface area contributed by atoms with Crippen molar-refractivity contribution in [1.82, 2.24) is 14.9 Å². The normalized spacial score (nSPS) is 23.1. The van der Waals surface area contributed by atoms with Gasteiger partial charge in [0.25, 0.3) is 5.56 Å². The number of rotatable bonds is 5. The lowest BCUT2D eigenvalue weighted by molar-refractivity contribution is -0.142. The Balaban J connectivity index is 2.07. The molecule has 110 valence electrons. The number of aliphatic carboxylic acids is 1. The van der Waals surface area contributed by atoms with Crippen LogP contribution >= 0.6 is 0 Å². The summed E-state index contributed by atoms with van der Waals surface area (Å²) in [4.78, 5) is 31.7. The minimum absolute atomic E-state index is 0.161. The summed E-state index contributed by atoms with van der Waals surface area (Å²) in [5, 5.41) is 9.29. The van der Waals surface area contributed by atoms with Crippen molar-refractivity contribution in [2.75, 3.05) is 13.1 Å². The van der Waals surface area contributed by atoms with Gasteiger partial charge in [-0.1, -0.05) is 13.3 Å². The molecule has 0 saturated carbocycles. The van der Waals surface area contributed by atoms with Crippen LogP contribution in [-0.2, 0) is 11.3 Å². The molecule has 0 amide bonds. The van der Waals surface area contributed by atoms with Crippen molar-refractivity contribution >= 4 is 5.97 Å². The molecule has 2 unspecified atom stereocenters. The third-order valence-corrected chi connectivity index (χ3v) is 3.79. The number of aromatic nitrogens is 2. The molecular weight excluding hydrogens is 258 g/mol. The van der Waals surface area contributed by atoms with Gasteiger partial charge in [0.2, 0.25) is 0 Å². The Morgan fingerprint density at radius 3 is 2.90 bits per heavy atom. The average molecular weight is 279 g/mol. The average Bonchev–Trinajstić information content (AvgIpc) is 2.71. The first kappa shape index (κ1) is 14.7. The van der Waals surface area contributed by atoms with Crippen molar-refractivity contribution in [1.29, 1.82) is 0 Å². The molecule has 1 fully saturated rings. The zero-order valence-electron chi connectivity index (χ0n) is 11.9. The van der Waals surface area contributed by atoms with Crippen LogP contribution in [-0.4, -0.2) is 39.0 Å². The zero-order chi connectivity index (χ0) is 14.7. The third-order valence-electron chi connectivity index (χ3n) is 3.79. The van der Waals surface area contributed by atoms with E-state index >= 15 is 0 Å². The van der Waals surface area contributed by atoms with Gasteiger partial charge in [-0.25, -0.2) is 4.98 Å². The largest absolute Gasteiger partial charge is 0.481 e. The van der Waals surface area contributed by atoms with Crippen molar-refractivity contribution in [3.05, 3.63) is 27.9 Å². The summed E-state index contributed by atoms with van der Waals surface area (Å²) < 4.78 is 0. The molecular formula is C14H21N3O3. The van der Waals surface area contributed by atoms with E-state index in [1.54, 1.807) is 6.92 Å². The molecule has 2 atom stereocenters. The van der Waals surface area contributed by atoms with Gasteiger partial charge in [-0.05, 0) is 19.3 Å². The number of likely N-dealkylation sites (tertiary alicyclic amines) is 1. The smallest absolute Gasteiger partial charge is 0.308 e. The van der Waals surface area contributed by atoms with Crippen molar-refractivity contribution < 1.29 is 9.90 Å². The minimum atomic E-state index is -0.721. The molecule has 1 aromatic heterocycles. The van der Waals surface area contributed by atoms with E-state index in [0.717, 1.165) is 19.4 Å². The van der Waals surface area contributed by atoms with E-state index in [2.05, 4.69) is 21.8 Å². The molecule has 6 nitrogen and oxygen atoms in total. The highest BCUT2D eigenvalue weighted by atomic mass is 16.4. The standard InChI is InChI=1S/C14H21N3O3/c1-3-4-10-6-17(8-12(10)14(19)20)7-11-5-13(18)16-9(2)15-11/h5,10,12H,3-4,6-8H2,1-2H3,(H,19,20)(H,15,16,18). The topological polar surface area (TPSA) is 86.3 Å². The van der Waals surface area contributed by atoms with Gasteiger partial charge in [0.05, 0.1) is 11.6 Å². The zero-order valence-corrected chi connectivity index (χ0v) is 11.9. The second-order valence-electron chi connectivity index (χ2n) is 5.51. The quantitative estimate of drug-likeness (QED) is 0.840. The fourth-order valence-corrected chi connectivity index (χ4v) is 2.98. The third kappa shape index (κ3) is 3.45. The molecule has 0 spiro atoms. The van der Waals surface area contributed by atoms with E-state index in [1.807, 2.05) is 0 Å². The summed E-state index contributed by atoms with van der Waals surface area (Å²) in [6.45, 7) is 5.65. The highest BCUT2D eigenvalue weighted by Gasteiger charge is 2.36. The van der Waals surface area contributed by atoms with Crippen LogP contribution < -0.4 is 5.56 Å². The van der Waals surface area contributed by atoms with E-state index in [-0.39, 0.29) is 17.4 Å². The maximum atomic E-state index is 11.4. The van der Waals surface area contributed by atoms with Crippen molar-refractivity contribution in [2.45, 2.75) is 33.2 Å². The van der Waals surface area contributed by atoms with Crippen LogP contribution in [0.25, 0.3) is 0 Å². The molecule has 1 saturated heterocycles. The van der Waals surface area contributed by atoms with E-state index in [0.29, 0.717) is 24.6 Å². The number of carboxylic acid groups (broad SMARTS) is 1. The van der Waals surface area contributed by atoms with Gasteiger partial charge in [0, 0.05) is 25.7 Å². The highest BCUT2D eigenvalue weighted by molar-refractivity contribution is 5.71.